The number of thiophene rings is 1. The molecule has 1 aromatic carbocycles. The lowest BCUT2D eigenvalue weighted by Crippen LogP contribution is -2.30. The lowest BCUT2D eigenvalue weighted by atomic mass is 9.99. The van der Waals surface area contributed by atoms with Crippen LogP contribution in [0, 0.1) is 6.92 Å². The Bertz CT molecular complexity index is 551. The molecule has 19 heavy (non-hydrogen) atoms. The molecule has 0 aliphatic carbocycles. The number of halogens is 1. The van der Waals surface area contributed by atoms with Crippen molar-refractivity contribution >= 4 is 27.3 Å². The standard InChI is InChI=1S/C15H19BrN2S/c1-3-11-7-8-12(19-11)9-15(18-17)13-5-4-6-14(16)10(13)2/h4-8,15,18H,3,9,17H2,1-2H3. The van der Waals surface area contributed by atoms with E-state index in [1.54, 1.807) is 0 Å². The van der Waals surface area contributed by atoms with Gasteiger partial charge in [-0.1, -0.05) is 35.0 Å². The van der Waals surface area contributed by atoms with Crippen molar-refractivity contribution in [3.05, 3.63) is 55.7 Å². The van der Waals surface area contributed by atoms with Crippen molar-refractivity contribution in [3.8, 4) is 0 Å². The van der Waals surface area contributed by atoms with Crippen LogP contribution in [0.3, 0.4) is 0 Å². The van der Waals surface area contributed by atoms with Gasteiger partial charge in [0.15, 0.2) is 0 Å². The Labute approximate surface area is 127 Å². The number of hydrogen-bond donors (Lipinski definition) is 2. The Kier molecular flexibility index (Phi) is 5.16. The second kappa shape index (κ2) is 6.66. The quantitative estimate of drug-likeness (QED) is 0.635. The lowest BCUT2D eigenvalue weighted by molar-refractivity contribution is 0.552. The van der Waals surface area contributed by atoms with Crippen LogP contribution in [-0.2, 0) is 12.8 Å². The Morgan fingerprint density at radius 2 is 2.00 bits per heavy atom. The van der Waals surface area contributed by atoms with Crippen LogP contribution in [0.2, 0.25) is 0 Å². The van der Waals surface area contributed by atoms with Gasteiger partial charge in [-0.2, -0.15) is 0 Å². The second-order valence-corrected chi connectivity index (χ2v) is 6.71. The molecule has 102 valence electrons. The molecule has 0 saturated carbocycles. The minimum atomic E-state index is 0.154. The number of benzene rings is 1. The van der Waals surface area contributed by atoms with Gasteiger partial charge in [0, 0.05) is 20.6 Å². The molecular weight excluding hydrogens is 320 g/mol. The maximum absolute atomic E-state index is 5.75. The summed E-state index contributed by atoms with van der Waals surface area (Å²) >= 11 is 5.45. The van der Waals surface area contributed by atoms with Gasteiger partial charge in [0.2, 0.25) is 0 Å². The van der Waals surface area contributed by atoms with E-state index in [0.29, 0.717) is 0 Å². The largest absolute Gasteiger partial charge is 0.271 e. The van der Waals surface area contributed by atoms with Crippen LogP contribution in [0.1, 0.15) is 33.8 Å². The zero-order chi connectivity index (χ0) is 13.8. The average Bonchev–Trinajstić information content (AvgIpc) is 2.87. The second-order valence-electron chi connectivity index (χ2n) is 4.60. The first-order valence-electron chi connectivity index (χ1n) is 6.44. The van der Waals surface area contributed by atoms with E-state index < -0.39 is 0 Å². The van der Waals surface area contributed by atoms with Crippen LogP contribution < -0.4 is 11.3 Å². The molecule has 0 aliphatic rings. The summed E-state index contributed by atoms with van der Waals surface area (Å²) in [6, 6.07) is 10.8. The van der Waals surface area contributed by atoms with Crippen molar-refractivity contribution < 1.29 is 0 Å². The van der Waals surface area contributed by atoms with Crippen molar-refractivity contribution in [1.82, 2.24) is 5.43 Å². The smallest absolute Gasteiger partial charge is 0.0511 e. The molecule has 2 nitrogen and oxygen atoms in total. The Morgan fingerprint density at radius 3 is 2.63 bits per heavy atom. The summed E-state index contributed by atoms with van der Waals surface area (Å²) in [7, 11) is 0. The van der Waals surface area contributed by atoms with E-state index in [1.807, 2.05) is 11.3 Å². The van der Waals surface area contributed by atoms with E-state index in [2.05, 4.69) is 65.5 Å². The fraction of sp³-hybridized carbons (Fsp3) is 0.333. The van der Waals surface area contributed by atoms with Crippen molar-refractivity contribution in [1.29, 1.82) is 0 Å². The van der Waals surface area contributed by atoms with Crippen LogP contribution in [0.5, 0.6) is 0 Å². The van der Waals surface area contributed by atoms with Gasteiger partial charge in [-0.05, 0) is 42.7 Å². The van der Waals surface area contributed by atoms with Gasteiger partial charge in [-0.15, -0.1) is 11.3 Å². The molecule has 0 fully saturated rings. The highest BCUT2D eigenvalue weighted by Crippen LogP contribution is 2.28. The molecule has 0 saturated heterocycles. The molecule has 1 aromatic heterocycles. The summed E-state index contributed by atoms with van der Waals surface area (Å²) in [5, 5.41) is 0. The predicted octanol–water partition coefficient (Wildman–Crippen LogP) is 4.13. The van der Waals surface area contributed by atoms with E-state index in [9.17, 15) is 0 Å². The fourth-order valence-corrected chi connectivity index (χ4v) is 3.57. The summed E-state index contributed by atoms with van der Waals surface area (Å²) in [6.07, 6.45) is 2.03. The van der Waals surface area contributed by atoms with E-state index in [4.69, 9.17) is 5.84 Å². The Hall–Kier alpha value is -0.680. The number of nitrogens with two attached hydrogens (primary N) is 1. The summed E-state index contributed by atoms with van der Waals surface area (Å²) in [6.45, 7) is 4.31. The van der Waals surface area contributed by atoms with Gasteiger partial charge < -0.3 is 0 Å². The molecule has 1 atom stereocenters. The molecule has 4 heteroatoms. The molecule has 0 aliphatic heterocycles. The van der Waals surface area contributed by atoms with Crippen LogP contribution in [0.4, 0.5) is 0 Å². The number of hydrogen-bond acceptors (Lipinski definition) is 3. The summed E-state index contributed by atoms with van der Waals surface area (Å²) in [5.41, 5.74) is 5.45. The minimum absolute atomic E-state index is 0.154. The molecule has 0 bridgehead atoms. The van der Waals surface area contributed by atoms with Crippen molar-refractivity contribution in [3.63, 3.8) is 0 Å². The molecule has 1 unspecified atom stereocenters. The average molecular weight is 339 g/mol. The van der Waals surface area contributed by atoms with Crippen LogP contribution >= 0.6 is 27.3 Å². The van der Waals surface area contributed by atoms with Crippen LogP contribution in [0.25, 0.3) is 0 Å². The molecule has 0 spiro atoms. The zero-order valence-corrected chi connectivity index (χ0v) is 13.6. The van der Waals surface area contributed by atoms with Crippen molar-refractivity contribution in [2.24, 2.45) is 5.84 Å². The van der Waals surface area contributed by atoms with Gasteiger partial charge >= 0.3 is 0 Å². The number of hydrazine groups is 1. The molecule has 2 rings (SSSR count). The van der Waals surface area contributed by atoms with Crippen molar-refractivity contribution in [2.45, 2.75) is 32.7 Å². The van der Waals surface area contributed by atoms with Gasteiger partial charge in [0.25, 0.3) is 0 Å². The number of aryl methyl sites for hydroxylation is 1. The third-order valence-electron chi connectivity index (χ3n) is 3.36. The third kappa shape index (κ3) is 3.45. The van der Waals surface area contributed by atoms with Gasteiger partial charge in [0.05, 0.1) is 6.04 Å². The van der Waals surface area contributed by atoms with Crippen LogP contribution in [0.15, 0.2) is 34.8 Å². The lowest BCUT2D eigenvalue weighted by Gasteiger charge is -2.18. The normalized spacial score (nSPS) is 12.6. The first-order valence-corrected chi connectivity index (χ1v) is 8.05. The van der Waals surface area contributed by atoms with Gasteiger partial charge in [-0.3, -0.25) is 11.3 Å². The highest BCUT2D eigenvalue weighted by atomic mass is 79.9. The van der Waals surface area contributed by atoms with E-state index in [0.717, 1.165) is 17.3 Å². The van der Waals surface area contributed by atoms with E-state index >= 15 is 0 Å². The van der Waals surface area contributed by atoms with Crippen molar-refractivity contribution in [2.75, 3.05) is 0 Å². The Morgan fingerprint density at radius 1 is 1.26 bits per heavy atom. The number of rotatable bonds is 5. The monoisotopic (exact) mass is 338 g/mol. The summed E-state index contributed by atoms with van der Waals surface area (Å²) in [4.78, 5) is 2.80. The molecule has 3 N–H and O–H groups in total. The van der Waals surface area contributed by atoms with Crippen LogP contribution in [-0.4, -0.2) is 0 Å². The van der Waals surface area contributed by atoms with E-state index in [-0.39, 0.29) is 6.04 Å². The maximum atomic E-state index is 5.75. The van der Waals surface area contributed by atoms with Gasteiger partial charge in [0.1, 0.15) is 0 Å². The summed E-state index contributed by atoms with van der Waals surface area (Å²) < 4.78 is 1.13. The number of nitrogens with one attached hydrogen (secondary N) is 1. The molecule has 0 radical (unpaired) electrons. The fourth-order valence-electron chi connectivity index (χ4n) is 2.18. The molecule has 1 heterocycles. The van der Waals surface area contributed by atoms with E-state index in [1.165, 1.54) is 20.9 Å². The van der Waals surface area contributed by atoms with Gasteiger partial charge in [-0.25, -0.2) is 0 Å². The maximum Gasteiger partial charge on any atom is 0.0511 e. The topological polar surface area (TPSA) is 38.0 Å². The highest BCUT2D eigenvalue weighted by molar-refractivity contribution is 9.10. The molecule has 0 amide bonds. The zero-order valence-electron chi connectivity index (χ0n) is 11.2. The first-order chi connectivity index (χ1) is 9.15. The predicted molar refractivity (Wildman–Crippen MR) is 86.3 cm³/mol. The highest BCUT2D eigenvalue weighted by Gasteiger charge is 2.15. The minimum Gasteiger partial charge on any atom is -0.271 e. The summed E-state index contributed by atoms with van der Waals surface area (Å²) in [5.74, 6) is 5.75. The third-order valence-corrected chi connectivity index (χ3v) is 5.47. The Balaban J connectivity index is 2.22. The molecular formula is C15H19BrN2S. The first kappa shape index (κ1) is 14.7. The molecule has 2 aromatic rings. The SMILES string of the molecule is CCc1ccc(CC(NN)c2cccc(Br)c2C)s1.